The van der Waals surface area contributed by atoms with Gasteiger partial charge in [-0.2, -0.15) is 0 Å². The van der Waals surface area contributed by atoms with Crippen molar-refractivity contribution in [2.75, 3.05) is 5.32 Å². The van der Waals surface area contributed by atoms with Crippen LogP contribution in [0, 0.1) is 27.7 Å². The van der Waals surface area contributed by atoms with Crippen LogP contribution < -0.4 is 10.6 Å². The number of benzene rings is 2. The van der Waals surface area contributed by atoms with Crippen LogP contribution in [-0.2, 0) is 0 Å². The van der Waals surface area contributed by atoms with Crippen molar-refractivity contribution in [3.05, 3.63) is 58.1 Å². The molecule has 2 aromatic rings. The molecule has 120 valence electrons. The third-order valence-corrected chi connectivity index (χ3v) is 3.75. The molecule has 2 rings (SSSR count). The summed E-state index contributed by atoms with van der Waals surface area (Å²) in [5, 5.41) is 15.7. The molecule has 0 heterocycles. The molecule has 0 bridgehead atoms. The average Bonchev–Trinajstić information content (AvgIpc) is 2.43. The van der Waals surface area contributed by atoms with E-state index >= 15 is 0 Å². The monoisotopic (exact) mass is 328 g/mol. The number of hydrogen-bond donors (Lipinski definition) is 3. The molecule has 0 aliphatic heterocycles. The van der Waals surface area contributed by atoms with E-state index < -0.39 is 0 Å². The summed E-state index contributed by atoms with van der Waals surface area (Å²) in [6.07, 6.45) is 0. The van der Waals surface area contributed by atoms with Gasteiger partial charge in [-0.3, -0.25) is 10.1 Å². The number of amides is 1. The summed E-state index contributed by atoms with van der Waals surface area (Å²) in [7, 11) is 0. The van der Waals surface area contributed by atoms with E-state index in [-0.39, 0.29) is 16.8 Å². The van der Waals surface area contributed by atoms with Crippen molar-refractivity contribution in [2.45, 2.75) is 27.7 Å². The van der Waals surface area contributed by atoms with E-state index in [4.69, 9.17) is 12.2 Å². The van der Waals surface area contributed by atoms with E-state index in [2.05, 4.69) is 10.6 Å². The largest absolute Gasteiger partial charge is 0.505 e. The van der Waals surface area contributed by atoms with Gasteiger partial charge < -0.3 is 10.4 Å². The summed E-state index contributed by atoms with van der Waals surface area (Å²) in [5.74, 6) is -0.150. The molecule has 0 saturated carbocycles. The lowest BCUT2D eigenvalue weighted by Crippen LogP contribution is -2.34. The number of phenolic OH excluding ortho intramolecular Hbond substituents is 1. The number of anilines is 1. The van der Waals surface area contributed by atoms with Crippen LogP contribution in [0.25, 0.3) is 0 Å². The van der Waals surface area contributed by atoms with Crippen molar-refractivity contribution in [1.82, 2.24) is 5.32 Å². The number of rotatable bonds is 2. The molecular weight excluding hydrogens is 308 g/mol. The lowest BCUT2D eigenvalue weighted by molar-refractivity contribution is 0.0977. The van der Waals surface area contributed by atoms with Gasteiger partial charge in [0.2, 0.25) is 0 Å². The fourth-order valence-corrected chi connectivity index (χ4v) is 2.65. The second kappa shape index (κ2) is 6.79. The summed E-state index contributed by atoms with van der Waals surface area (Å²) < 4.78 is 0. The minimum atomic E-state index is -0.274. The Kier molecular flexibility index (Phi) is 5.01. The molecule has 0 fully saturated rings. The Labute approximate surface area is 141 Å². The van der Waals surface area contributed by atoms with Crippen molar-refractivity contribution < 1.29 is 9.90 Å². The lowest BCUT2D eigenvalue weighted by Gasteiger charge is -2.14. The Morgan fingerprint density at radius 3 is 2.30 bits per heavy atom. The summed E-state index contributed by atoms with van der Waals surface area (Å²) in [5.41, 5.74) is 4.78. The first-order valence-electron chi connectivity index (χ1n) is 7.27. The Balaban J connectivity index is 2.12. The highest BCUT2D eigenvalue weighted by molar-refractivity contribution is 7.80. The van der Waals surface area contributed by atoms with Gasteiger partial charge in [0.15, 0.2) is 5.11 Å². The van der Waals surface area contributed by atoms with Gasteiger partial charge in [0.1, 0.15) is 5.75 Å². The highest BCUT2D eigenvalue weighted by Crippen LogP contribution is 2.28. The second-order valence-corrected chi connectivity index (χ2v) is 6.11. The SMILES string of the molecule is Cc1ccc(C(=O)NC(=S)Nc2cc(C)cc(C)c2O)c(C)c1. The maximum absolute atomic E-state index is 12.3. The topological polar surface area (TPSA) is 61.4 Å². The maximum Gasteiger partial charge on any atom is 0.257 e. The van der Waals surface area contributed by atoms with Crippen molar-refractivity contribution in [1.29, 1.82) is 0 Å². The quantitative estimate of drug-likeness (QED) is 0.580. The van der Waals surface area contributed by atoms with Crippen molar-refractivity contribution in [2.24, 2.45) is 0 Å². The fraction of sp³-hybridized carbons (Fsp3) is 0.222. The van der Waals surface area contributed by atoms with Gasteiger partial charge in [-0.1, -0.05) is 23.8 Å². The molecule has 0 spiro atoms. The number of thiocarbonyl (C=S) groups is 1. The molecule has 0 atom stereocenters. The number of aryl methyl sites for hydroxylation is 4. The van der Waals surface area contributed by atoms with Crippen LogP contribution >= 0.6 is 12.2 Å². The number of hydrogen-bond acceptors (Lipinski definition) is 3. The zero-order valence-corrected chi connectivity index (χ0v) is 14.5. The van der Waals surface area contributed by atoms with E-state index in [0.29, 0.717) is 11.3 Å². The zero-order chi connectivity index (χ0) is 17.1. The first-order valence-corrected chi connectivity index (χ1v) is 7.68. The molecule has 3 N–H and O–H groups in total. The minimum Gasteiger partial charge on any atom is -0.505 e. The minimum absolute atomic E-state index is 0.124. The summed E-state index contributed by atoms with van der Waals surface area (Å²) >= 11 is 5.17. The number of phenols is 1. The average molecular weight is 328 g/mol. The van der Waals surface area contributed by atoms with E-state index in [0.717, 1.165) is 22.3 Å². The number of carbonyl (C=O) groups is 1. The predicted molar refractivity (Wildman–Crippen MR) is 97.2 cm³/mol. The summed E-state index contributed by atoms with van der Waals surface area (Å²) in [4.78, 5) is 12.3. The molecule has 1 amide bonds. The third-order valence-electron chi connectivity index (χ3n) is 3.55. The van der Waals surface area contributed by atoms with Crippen molar-refractivity contribution in [3.8, 4) is 5.75 Å². The predicted octanol–water partition coefficient (Wildman–Crippen LogP) is 3.75. The van der Waals surface area contributed by atoms with Gasteiger partial charge in [-0.15, -0.1) is 0 Å². The van der Waals surface area contributed by atoms with Crippen LogP contribution in [0.4, 0.5) is 5.69 Å². The van der Waals surface area contributed by atoms with Gasteiger partial charge in [-0.05, 0) is 68.7 Å². The molecule has 0 saturated heterocycles. The second-order valence-electron chi connectivity index (χ2n) is 5.70. The van der Waals surface area contributed by atoms with Crippen LogP contribution in [0.2, 0.25) is 0 Å². The Bertz CT molecular complexity index is 785. The number of nitrogens with one attached hydrogen (secondary N) is 2. The Morgan fingerprint density at radius 2 is 1.65 bits per heavy atom. The molecule has 0 radical (unpaired) electrons. The Hall–Kier alpha value is -2.40. The first-order chi connectivity index (χ1) is 10.8. The van der Waals surface area contributed by atoms with Crippen LogP contribution in [0.3, 0.4) is 0 Å². The molecule has 0 aliphatic carbocycles. The fourth-order valence-electron chi connectivity index (χ4n) is 2.45. The van der Waals surface area contributed by atoms with Crippen LogP contribution in [0.1, 0.15) is 32.6 Å². The van der Waals surface area contributed by atoms with E-state index in [1.807, 2.05) is 45.9 Å². The molecule has 23 heavy (non-hydrogen) atoms. The first kappa shape index (κ1) is 17.0. The van der Waals surface area contributed by atoms with E-state index in [1.54, 1.807) is 12.1 Å². The third kappa shape index (κ3) is 4.07. The van der Waals surface area contributed by atoms with Crippen LogP contribution in [-0.4, -0.2) is 16.1 Å². The summed E-state index contributed by atoms with van der Waals surface area (Å²) in [6.45, 7) is 7.59. The maximum atomic E-state index is 12.3. The van der Waals surface area contributed by atoms with Gasteiger partial charge in [0, 0.05) is 5.56 Å². The van der Waals surface area contributed by atoms with Gasteiger partial charge in [-0.25, -0.2) is 0 Å². The Morgan fingerprint density at radius 1 is 1.00 bits per heavy atom. The zero-order valence-electron chi connectivity index (χ0n) is 13.7. The van der Waals surface area contributed by atoms with Crippen LogP contribution in [0.5, 0.6) is 5.75 Å². The lowest BCUT2D eigenvalue weighted by atomic mass is 10.1. The summed E-state index contributed by atoms with van der Waals surface area (Å²) in [6, 6.07) is 9.25. The molecular formula is C18H20N2O2S. The number of carbonyl (C=O) groups excluding carboxylic acids is 1. The highest BCUT2D eigenvalue weighted by Gasteiger charge is 2.12. The van der Waals surface area contributed by atoms with E-state index in [1.165, 1.54) is 0 Å². The van der Waals surface area contributed by atoms with Gasteiger partial charge >= 0.3 is 0 Å². The smallest absolute Gasteiger partial charge is 0.257 e. The molecule has 0 unspecified atom stereocenters. The standard InChI is InChI=1S/C18H20N2O2S/c1-10-5-6-14(12(3)7-10)17(22)20-18(23)19-15-9-11(2)8-13(4)16(15)21/h5-9,21H,1-4H3,(H2,19,20,22,23). The molecule has 0 aromatic heterocycles. The number of aromatic hydroxyl groups is 1. The van der Waals surface area contributed by atoms with E-state index in [9.17, 15) is 9.90 Å². The van der Waals surface area contributed by atoms with Gasteiger partial charge in [0.25, 0.3) is 5.91 Å². The normalized spacial score (nSPS) is 10.3. The molecule has 5 heteroatoms. The van der Waals surface area contributed by atoms with Crippen molar-refractivity contribution >= 4 is 28.9 Å². The highest BCUT2D eigenvalue weighted by atomic mass is 32.1. The molecule has 4 nitrogen and oxygen atoms in total. The molecule has 2 aromatic carbocycles. The molecule has 0 aliphatic rings. The van der Waals surface area contributed by atoms with Gasteiger partial charge in [0.05, 0.1) is 5.69 Å². The van der Waals surface area contributed by atoms with Crippen LogP contribution in [0.15, 0.2) is 30.3 Å². The van der Waals surface area contributed by atoms with Crippen molar-refractivity contribution in [3.63, 3.8) is 0 Å².